The third-order valence-corrected chi connectivity index (χ3v) is 7.12. The van der Waals surface area contributed by atoms with E-state index < -0.39 is 54.7 Å². The fraction of sp³-hybridized carbons (Fsp3) is 0.267. The van der Waals surface area contributed by atoms with Gasteiger partial charge >= 0.3 is 6.18 Å². The Hall–Kier alpha value is -4.67. The molecule has 5 rings (SSSR count). The van der Waals surface area contributed by atoms with Gasteiger partial charge in [-0.15, -0.1) is 0 Å². The van der Waals surface area contributed by atoms with E-state index in [1.807, 2.05) is 6.07 Å². The second-order valence-corrected chi connectivity index (χ2v) is 9.80. The number of ether oxygens (including phenoxy) is 1. The molecule has 3 atom stereocenters. The highest BCUT2D eigenvalue weighted by Crippen LogP contribution is 2.39. The van der Waals surface area contributed by atoms with Crippen LogP contribution in [0.15, 0.2) is 83.9 Å². The number of para-hydroxylation sites is 1. The molecule has 11 heteroatoms. The predicted octanol–water partition coefficient (Wildman–Crippen LogP) is 3.93. The van der Waals surface area contributed by atoms with Gasteiger partial charge in [0.15, 0.2) is 0 Å². The molecule has 0 aromatic heterocycles. The number of carbonyl (C=O) groups is 3. The van der Waals surface area contributed by atoms with E-state index in [1.54, 1.807) is 60.7 Å². The van der Waals surface area contributed by atoms with Crippen LogP contribution in [-0.4, -0.2) is 48.9 Å². The zero-order chi connectivity index (χ0) is 29.1. The molecule has 212 valence electrons. The van der Waals surface area contributed by atoms with Crippen LogP contribution in [0.5, 0.6) is 5.75 Å². The highest BCUT2D eigenvalue weighted by atomic mass is 19.4. The number of amides is 3. The van der Waals surface area contributed by atoms with Crippen molar-refractivity contribution < 1.29 is 32.3 Å². The third kappa shape index (κ3) is 5.93. The van der Waals surface area contributed by atoms with Crippen molar-refractivity contribution in [3.05, 3.63) is 95.6 Å². The maximum absolute atomic E-state index is 13.8. The number of nitrogens with one attached hydrogen (secondary N) is 1. The molecule has 41 heavy (non-hydrogen) atoms. The van der Waals surface area contributed by atoms with Crippen molar-refractivity contribution in [1.82, 2.24) is 5.32 Å². The van der Waals surface area contributed by atoms with E-state index in [-0.39, 0.29) is 13.2 Å². The molecule has 0 saturated carbocycles. The second kappa shape index (κ2) is 11.4. The Bertz CT molecular complexity index is 1480. The standard InChI is InChI=1S/C30H27F3N4O4/c31-30(32,33)15-14-20(23(26(34)38)18-8-3-1-4-9-18)28(39)36-27-29(40)37-16-17-41-22-13-7-12-21(25(22)37)24(35-27)19-10-5-2-6-11-19/h1-13,20,23,27H,14-17H2,(H2,34,38)(H,36,39). The number of hydrogen-bond donors (Lipinski definition) is 2. The number of rotatable bonds is 8. The van der Waals surface area contributed by atoms with Crippen LogP contribution in [-0.2, 0) is 14.4 Å². The van der Waals surface area contributed by atoms with Gasteiger partial charge in [0.2, 0.25) is 18.0 Å². The van der Waals surface area contributed by atoms with Crippen molar-refractivity contribution in [3.63, 3.8) is 0 Å². The highest BCUT2D eigenvalue weighted by molar-refractivity contribution is 6.21. The quantitative estimate of drug-likeness (QED) is 0.432. The maximum atomic E-state index is 13.8. The third-order valence-electron chi connectivity index (χ3n) is 7.12. The van der Waals surface area contributed by atoms with Crippen LogP contribution in [0.2, 0.25) is 0 Å². The molecule has 2 heterocycles. The van der Waals surface area contributed by atoms with Gasteiger partial charge in [0.25, 0.3) is 5.91 Å². The molecule has 0 saturated heterocycles. The van der Waals surface area contributed by atoms with E-state index in [0.717, 1.165) is 0 Å². The molecule has 0 aliphatic carbocycles. The summed E-state index contributed by atoms with van der Waals surface area (Å²) in [4.78, 5) is 46.2. The molecule has 3 N–H and O–H groups in total. The van der Waals surface area contributed by atoms with Gasteiger partial charge in [-0.1, -0.05) is 72.8 Å². The van der Waals surface area contributed by atoms with Crippen molar-refractivity contribution in [1.29, 1.82) is 0 Å². The van der Waals surface area contributed by atoms with Crippen LogP contribution < -0.4 is 20.7 Å². The number of hydrogen-bond acceptors (Lipinski definition) is 5. The maximum Gasteiger partial charge on any atom is 0.389 e. The van der Waals surface area contributed by atoms with Gasteiger partial charge in [0, 0.05) is 17.5 Å². The van der Waals surface area contributed by atoms with Crippen molar-refractivity contribution in [2.45, 2.75) is 31.1 Å². The van der Waals surface area contributed by atoms with E-state index in [4.69, 9.17) is 10.5 Å². The van der Waals surface area contributed by atoms with E-state index in [2.05, 4.69) is 10.3 Å². The Morgan fingerprint density at radius 2 is 1.71 bits per heavy atom. The van der Waals surface area contributed by atoms with Crippen LogP contribution in [0.3, 0.4) is 0 Å². The lowest BCUT2D eigenvalue weighted by atomic mass is 9.81. The molecule has 3 unspecified atom stereocenters. The fourth-order valence-corrected chi connectivity index (χ4v) is 5.27. The summed E-state index contributed by atoms with van der Waals surface area (Å²) in [7, 11) is 0. The number of aliphatic imine (C=N–C) groups is 1. The first-order valence-electron chi connectivity index (χ1n) is 13.1. The van der Waals surface area contributed by atoms with Crippen LogP contribution in [0.1, 0.15) is 35.4 Å². The van der Waals surface area contributed by atoms with Crippen molar-refractivity contribution in [2.75, 3.05) is 18.1 Å². The molecule has 0 radical (unpaired) electrons. The minimum atomic E-state index is -4.58. The lowest BCUT2D eigenvalue weighted by Gasteiger charge is -2.31. The lowest BCUT2D eigenvalue weighted by molar-refractivity contribution is -0.144. The minimum absolute atomic E-state index is 0.179. The van der Waals surface area contributed by atoms with Gasteiger partial charge in [0.1, 0.15) is 12.4 Å². The molecule has 0 bridgehead atoms. The highest BCUT2D eigenvalue weighted by Gasteiger charge is 2.41. The van der Waals surface area contributed by atoms with Gasteiger partial charge < -0.3 is 20.7 Å². The fourth-order valence-electron chi connectivity index (χ4n) is 5.27. The van der Waals surface area contributed by atoms with E-state index in [1.165, 1.54) is 17.0 Å². The van der Waals surface area contributed by atoms with Gasteiger partial charge in [-0.2, -0.15) is 13.2 Å². The molecule has 0 fully saturated rings. The molecule has 2 aliphatic rings. The normalized spacial score (nSPS) is 17.8. The number of nitrogens with two attached hydrogens (primary N) is 1. The van der Waals surface area contributed by atoms with Gasteiger partial charge in [-0.05, 0) is 18.1 Å². The summed E-state index contributed by atoms with van der Waals surface area (Å²) < 4.78 is 45.7. The number of carbonyl (C=O) groups excluding carboxylic acids is 3. The van der Waals surface area contributed by atoms with E-state index >= 15 is 0 Å². The van der Waals surface area contributed by atoms with Crippen LogP contribution in [0.4, 0.5) is 18.9 Å². The zero-order valence-electron chi connectivity index (χ0n) is 21.8. The molecule has 3 aromatic rings. The predicted molar refractivity (Wildman–Crippen MR) is 145 cm³/mol. The Morgan fingerprint density at radius 1 is 1.02 bits per heavy atom. The summed E-state index contributed by atoms with van der Waals surface area (Å²) in [6.45, 7) is 0.383. The summed E-state index contributed by atoms with van der Waals surface area (Å²) in [5.41, 5.74) is 8.10. The summed E-state index contributed by atoms with van der Waals surface area (Å²) in [5, 5.41) is 2.56. The number of benzene rings is 3. The Labute approximate surface area is 234 Å². The molecule has 8 nitrogen and oxygen atoms in total. The average Bonchev–Trinajstić information content (AvgIpc) is 3.07. The van der Waals surface area contributed by atoms with E-state index in [9.17, 15) is 27.6 Å². The van der Waals surface area contributed by atoms with Crippen molar-refractivity contribution >= 4 is 29.1 Å². The number of nitrogens with zero attached hydrogens (tertiary/aromatic N) is 2. The lowest BCUT2D eigenvalue weighted by Crippen LogP contribution is -2.51. The average molecular weight is 565 g/mol. The summed E-state index contributed by atoms with van der Waals surface area (Å²) in [5.74, 6) is -4.86. The molecular weight excluding hydrogens is 537 g/mol. The van der Waals surface area contributed by atoms with Gasteiger partial charge in [-0.3, -0.25) is 14.4 Å². The van der Waals surface area contributed by atoms with Crippen LogP contribution in [0.25, 0.3) is 0 Å². The first-order valence-corrected chi connectivity index (χ1v) is 13.1. The molecule has 3 amide bonds. The molecule has 2 aliphatic heterocycles. The number of alkyl halides is 3. The smallest absolute Gasteiger partial charge is 0.389 e. The molecule has 3 aromatic carbocycles. The topological polar surface area (TPSA) is 114 Å². The SMILES string of the molecule is NC(=O)C(c1ccccc1)C(CCC(F)(F)F)C(=O)NC1N=C(c2ccccc2)c2cccc3c2N(CCO3)C1=O. The first-order chi connectivity index (χ1) is 19.6. The summed E-state index contributed by atoms with van der Waals surface area (Å²) in [6.07, 6.45) is -8.10. The zero-order valence-corrected chi connectivity index (χ0v) is 21.8. The summed E-state index contributed by atoms with van der Waals surface area (Å²) in [6, 6.07) is 22.2. The van der Waals surface area contributed by atoms with Crippen molar-refractivity contribution in [2.24, 2.45) is 16.6 Å². The second-order valence-electron chi connectivity index (χ2n) is 9.80. The van der Waals surface area contributed by atoms with Crippen LogP contribution in [0, 0.1) is 5.92 Å². The van der Waals surface area contributed by atoms with E-state index in [0.29, 0.717) is 33.8 Å². The Kier molecular flexibility index (Phi) is 7.78. The number of anilines is 1. The largest absolute Gasteiger partial charge is 0.490 e. The number of halogens is 3. The van der Waals surface area contributed by atoms with Gasteiger partial charge in [-0.25, -0.2) is 4.99 Å². The van der Waals surface area contributed by atoms with Gasteiger partial charge in [0.05, 0.1) is 29.8 Å². The van der Waals surface area contributed by atoms with Crippen LogP contribution >= 0.6 is 0 Å². The summed E-state index contributed by atoms with van der Waals surface area (Å²) >= 11 is 0. The monoisotopic (exact) mass is 564 g/mol. The van der Waals surface area contributed by atoms with Crippen molar-refractivity contribution in [3.8, 4) is 5.75 Å². The first kappa shape index (κ1) is 27.9. The Morgan fingerprint density at radius 3 is 2.37 bits per heavy atom. The number of primary amides is 1. The molecular formula is C30H27F3N4O4. The molecule has 0 spiro atoms. The minimum Gasteiger partial charge on any atom is -0.490 e. The Balaban J connectivity index is 1.56.